The summed E-state index contributed by atoms with van der Waals surface area (Å²) in [5.74, 6) is 1.43. The van der Waals surface area contributed by atoms with Crippen LogP contribution in [0.5, 0.6) is 11.6 Å². The molecule has 0 amide bonds. The molecule has 7 nitrogen and oxygen atoms in total. The minimum absolute atomic E-state index is 0.197. The van der Waals surface area contributed by atoms with E-state index in [-0.39, 0.29) is 6.04 Å². The zero-order chi connectivity index (χ0) is 22.7. The number of benzene rings is 1. The summed E-state index contributed by atoms with van der Waals surface area (Å²) in [4.78, 5) is 9.38. The van der Waals surface area contributed by atoms with Crippen molar-refractivity contribution < 1.29 is 9.47 Å². The standard InChI is InChI=1S/C25H29N5O2/c1-6-32-25-19(11-9-13-26-25)20-14-21(27-15-18-10-7-8-12-22(18)31-5)24-23(28-20)17(4)29-30(24)16(2)3/h7-14,16H,6,15H2,1-5H3,(H,27,28). The van der Waals surface area contributed by atoms with Gasteiger partial charge in [0.25, 0.3) is 0 Å². The van der Waals surface area contributed by atoms with Crippen LogP contribution in [0.4, 0.5) is 5.69 Å². The van der Waals surface area contributed by atoms with Gasteiger partial charge in [-0.05, 0) is 52.0 Å². The molecule has 0 unspecified atom stereocenters. The summed E-state index contributed by atoms with van der Waals surface area (Å²) >= 11 is 0. The second kappa shape index (κ2) is 9.26. The fourth-order valence-corrected chi connectivity index (χ4v) is 3.80. The molecule has 0 aliphatic rings. The minimum Gasteiger partial charge on any atom is -0.496 e. The number of aryl methyl sites for hydroxylation is 1. The summed E-state index contributed by atoms with van der Waals surface area (Å²) in [5.41, 5.74) is 6.42. The Morgan fingerprint density at radius 2 is 1.94 bits per heavy atom. The topological polar surface area (TPSA) is 74.1 Å². The highest BCUT2D eigenvalue weighted by Gasteiger charge is 2.19. The van der Waals surface area contributed by atoms with E-state index in [1.807, 2.05) is 48.9 Å². The van der Waals surface area contributed by atoms with E-state index >= 15 is 0 Å². The number of nitrogens with zero attached hydrogens (tertiary/aromatic N) is 4. The first kappa shape index (κ1) is 21.6. The molecule has 4 aromatic rings. The minimum atomic E-state index is 0.197. The van der Waals surface area contributed by atoms with Crippen LogP contribution in [-0.4, -0.2) is 33.5 Å². The highest BCUT2D eigenvalue weighted by atomic mass is 16.5. The fourth-order valence-electron chi connectivity index (χ4n) is 3.80. The van der Waals surface area contributed by atoms with Crippen molar-refractivity contribution in [2.45, 2.75) is 40.3 Å². The van der Waals surface area contributed by atoms with E-state index in [0.717, 1.165) is 45.0 Å². The van der Waals surface area contributed by atoms with Crippen molar-refractivity contribution in [3.8, 4) is 22.9 Å². The third kappa shape index (κ3) is 4.10. The summed E-state index contributed by atoms with van der Waals surface area (Å²) in [6.07, 6.45) is 1.73. The highest BCUT2D eigenvalue weighted by Crippen LogP contribution is 2.35. The lowest BCUT2D eigenvalue weighted by Crippen LogP contribution is -2.08. The summed E-state index contributed by atoms with van der Waals surface area (Å²) in [6, 6.07) is 14.1. The first-order valence-corrected chi connectivity index (χ1v) is 10.9. The molecule has 32 heavy (non-hydrogen) atoms. The van der Waals surface area contributed by atoms with Crippen LogP contribution in [0.3, 0.4) is 0 Å². The van der Waals surface area contributed by atoms with Crippen molar-refractivity contribution in [3.63, 3.8) is 0 Å². The van der Waals surface area contributed by atoms with Crippen LogP contribution in [0.1, 0.15) is 38.1 Å². The second-order valence-electron chi connectivity index (χ2n) is 7.83. The Labute approximate surface area is 188 Å². The largest absolute Gasteiger partial charge is 0.496 e. The predicted octanol–water partition coefficient (Wildman–Crippen LogP) is 5.40. The maximum atomic E-state index is 5.77. The monoisotopic (exact) mass is 431 g/mol. The lowest BCUT2D eigenvalue weighted by Gasteiger charge is -2.16. The van der Waals surface area contributed by atoms with Crippen LogP contribution in [0.15, 0.2) is 48.7 Å². The van der Waals surface area contributed by atoms with Gasteiger partial charge < -0.3 is 14.8 Å². The zero-order valence-corrected chi connectivity index (χ0v) is 19.2. The molecule has 4 rings (SSSR count). The number of ether oxygens (including phenoxy) is 2. The number of hydrogen-bond donors (Lipinski definition) is 1. The van der Waals surface area contributed by atoms with E-state index in [4.69, 9.17) is 19.6 Å². The number of nitrogens with one attached hydrogen (secondary N) is 1. The number of aromatic nitrogens is 4. The van der Waals surface area contributed by atoms with E-state index < -0.39 is 0 Å². The van der Waals surface area contributed by atoms with Gasteiger partial charge in [-0.1, -0.05) is 18.2 Å². The number of rotatable bonds is 8. The highest BCUT2D eigenvalue weighted by molar-refractivity contribution is 5.93. The van der Waals surface area contributed by atoms with Gasteiger partial charge in [-0.2, -0.15) is 5.10 Å². The van der Waals surface area contributed by atoms with Crippen molar-refractivity contribution in [3.05, 3.63) is 59.9 Å². The smallest absolute Gasteiger partial charge is 0.222 e. The molecule has 0 fully saturated rings. The van der Waals surface area contributed by atoms with Gasteiger partial charge in [0.1, 0.15) is 16.8 Å². The quantitative estimate of drug-likeness (QED) is 0.402. The SMILES string of the molecule is CCOc1ncccc1-c1cc(NCc2ccccc2OC)c2c(n1)c(C)nn2C(C)C. The zero-order valence-electron chi connectivity index (χ0n) is 19.2. The van der Waals surface area contributed by atoms with E-state index in [2.05, 4.69) is 36.3 Å². The van der Waals surface area contributed by atoms with Gasteiger partial charge in [-0.15, -0.1) is 0 Å². The molecule has 0 saturated heterocycles. The Hall–Kier alpha value is -3.61. The number of para-hydroxylation sites is 1. The van der Waals surface area contributed by atoms with Crippen LogP contribution in [0.2, 0.25) is 0 Å². The van der Waals surface area contributed by atoms with Crippen LogP contribution in [0, 0.1) is 6.92 Å². The van der Waals surface area contributed by atoms with Crippen LogP contribution < -0.4 is 14.8 Å². The van der Waals surface area contributed by atoms with Gasteiger partial charge in [0.05, 0.1) is 36.4 Å². The van der Waals surface area contributed by atoms with Gasteiger partial charge in [0, 0.05) is 24.3 Å². The fraction of sp³-hybridized carbons (Fsp3) is 0.320. The Bertz CT molecular complexity index is 1230. The van der Waals surface area contributed by atoms with Crippen molar-refractivity contribution in [1.29, 1.82) is 0 Å². The van der Waals surface area contributed by atoms with E-state index in [1.54, 1.807) is 13.3 Å². The Morgan fingerprint density at radius 3 is 2.69 bits per heavy atom. The molecular weight excluding hydrogens is 402 g/mol. The van der Waals surface area contributed by atoms with E-state index in [9.17, 15) is 0 Å². The normalized spacial score (nSPS) is 11.2. The molecule has 1 N–H and O–H groups in total. The van der Waals surface area contributed by atoms with E-state index in [1.165, 1.54) is 0 Å². The molecule has 0 bridgehead atoms. The average molecular weight is 432 g/mol. The van der Waals surface area contributed by atoms with Crippen LogP contribution in [0.25, 0.3) is 22.3 Å². The molecule has 3 heterocycles. The average Bonchev–Trinajstić information content (AvgIpc) is 3.15. The Morgan fingerprint density at radius 1 is 1.12 bits per heavy atom. The lowest BCUT2D eigenvalue weighted by molar-refractivity contribution is 0.328. The molecule has 0 aliphatic carbocycles. The summed E-state index contributed by atoms with van der Waals surface area (Å²) < 4.78 is 13.3. The summed E-state index contributed by atoms with van der Waals surface area (Å²) in [6.45, 7) is 9.34. The van der Waals surface area contributed by atoms with Crippen molar-refractivity contribution in [1.82, 2.24) is 19.7 Å². The predicted molar refractivity (Wildman–Crippen MR) is 127 cm³/mol. The second-order valence-corrected chi connectivity index (χ2v) is 7.83. The Kier molecular flexibility index (Phi) is 6.25. The molecule has 0 aliphatic heterocycles. The van der Waals surface area contributed by atoms with Crippen molar-refractivity contribution >= 4 is 16.7 Å². The molecule has 1 aromatic carbocycles. The molecule has 0 radical (unpaired) electrons. The van der Waals surface area contributed by atoms with Gasteiger partial charge in [-0.3, -0.25) is 4.68 Å². The Balaban J connectivity index is 1.86. The number of hydrogen-bond acceptors (Lipinski definition) is 6. The van der Waals surface area contributed by atoms with Gasteiger partial charge in [-0.25, -0.2) is 9.97 Å². The van der Waals surface area contributed by atoms with Gasteiger partial charge >= 0.3 is 0 Å². The maximum Gasteiger partial charge on any atom is 0.222 e. The summed E-state index contributed by atoms with van der Waals surface area (Å²) in [5, 5.41) is 8.38. The molecule has 0 saturated carbocycles. The molecule has 166 valence electrons. The van der Waals surface area contributed by atoms with Crippen molar-refractivity contribution in [2.24, 2.45) is 0 Å². The molecule has 0 atom stereocenters. The molecule has 3 aromatic heterocycles. The number of anilines is 1. The maximum absolute atomic E-state index is 5.77. The molecule has 7 heteroatoms. The first-order valence-electron chi connectivity index (χ1n) is 10.9. The van der Waals surface area contributed by atoms with Crippen LogP contribution >= 0.6 is 0 Å². The number of pyridine rings is 2. The third-order valence-corrected chi connectivity index (χ3v) is 5.30. The molecule has 0 spiro atoms. The molecular formula is C25H29N5O2. The third-order valence-electron chi connectivity index (χ3n) is 5.30. The van der Waals surface area contributed by atoms with Crippen LogP contribution in [-0.2, 0) is 6.54 Å². The lowest BCUT2D eigenvalue weighted by atomic mass is 10.1. The number of methoxy groups -OCH3 is 1. The van der Waals surface area contributed by atoms with Crippen molar-refractivity contribution in [2.75, 3.05) is 19.0 Å². The first-order chi connectivity index (χ1) is 15.5. The van der Waals surface area contributed by atoms with Gasteiger partial charge in [0.2, 0.25) is 5.88 Å². The number of fused-ring (bicyclic) bond motifs is 1. The van der Waals surface area contributed by atoms with Gasteiger partial charge in [0.15, 0.2) is 0 Å². The van der Waals surface area contributed by atoms with E-state index in [0.29, 0.717) is 19.0 Å². The summed E-state index contributed by atoms with van der Waals surface area (Å²) in [7, 11) is 1.69.